The molecule has 1 atom stereocenters. The van der Waals surface area contributed by atoms with Crippen LogP contribution < -0.4 is 10.1 Å². The summed E-state index contributed by atoms with van der Waals surface area (Å²) in [7, 11) is 0. The molecular weight excluding hydrogens is 340 g/mol. The number of aromatic nitrogens is 1. The van der Waals surface area contributed by atoms with Gasteiger partial charge in [-0.05, 0) is 44.0 Å². The molecule has 0 bridgehead atoms. The van der Waals surface area contributed by atoms with E-state index in [4.69, 9.17) is 4.74 Å². The summed E-state index contributed by atoms with van der Waals surface area (Å²) in [6.07, 6.45) is 0. The van der Waals surface area contributed by atoms with E-state index in [1.54, 1.807) is 20.8 Å². The Morgan fingerprint density at radius 1 is 1.28 bits per heavy atom. The van der Waals surface area contributed by atoms with Crippen molar-refractivity contribution in [3.8, 4) is 16.3 Å². The van der Waals surface area contributed by atoms with Crippen LogP contribution in [0.2, 0.25) is 0 Å². The summed E-state index contributed by atoms with van der Waals surface area (Å²) in [5.74, 6) is -0.885. The highest BCUT2D eigenvalue weighted by Crippen LogP contribution is 2.29. The van der Waals surface area contributed by atoms with Gasteiger partial charge in [-0.15, -0.1) is 11.3 Å². The summed E-state index contributed by atoms with van der Waals surface area (Å²) in [6.45, 7) is 7.77. The molecule has 25 heavy (non-hydrogen) atoms. The fourth-order valence-corrected chi connectivity index (χ4v) is 3.29. The van der Waals surface area contributed by atoms with Crippen molar-refractivity contribution in [1.82, 2.24) is 10.3 Å². The van der Waals surface area contributed by atoms with Crippen molar-refractivity contribution < 1.29 is 19.4 Å². The Kier molecular flexibility index (Phi) is 6.14. The minimum Gasteiger partial charge on any atom is -0.494 e. The SMILES string of the molecule is CCOc1ccc(-c2nc(C)c(C(=O)N[C@@H](C(=O)O)C(C)C)s2)cc1. The first-order chi connectivity index (χ1) is 11.8. The van der Waals surface area contributed by atoms with Crippen LogP contribution >= 0.6 is 11.3 Å². The Hall–Kier alpha value is -2.41. The number of ether oxygens (including phenoxy) is 1. The molecule has 0 radical (unpaired) electrons. The summed E-state index contributed by atoms with van der Waals surface area (Å²) in [6, 6.07) is 6.56. The quantitative estimate of drug-likeness (QED) is 0.788. The van der Waals surface area contributed by atoms with E-state index in [-0.39, 0.29) is 5.92 Å². The molecule has 0 saturated heterocycles. The fraction of sp³-hybridized carbons (Fsp3) is 0.389. The van der Waals surface area contributed by atoms with Crippen LogP contribution in [0.1, 0.15) is 36.1 Å². The molecule has 0 saturated carbocycles. The maximum absolute atomic E-state index is 12.4. The van der Waals surface area contributed by atoms with Crippen LogP contribution in [-0.2, 0) is 4.79 Å². The number of nitrogens with zero attached hydrogens (tertiary/aromatic N) is 1. The van der Waals surface area contributed by atoms with E-state index in [1.165, 1.54) is 11.3 Å². The van der Waals surface area contributed by atoms with Crippen molar-refractivity contribution in [3.63, 3.8) is 0 Å². The number of carboxylic acid groups (broad SMARTS) is 1. The molecule has 1 heterocycles. The molecule has 134 valence electrons. The predicted molar refractivity (Wildman–Crippen MR) is 97.2 cm³/mol. The number of benzene rings is 1. The first kappa shape index (κ1) is 18.9. The third kappa shape index (κ3) is 4.57. The smallest absolute Gasteiger partial charge is 0.326 e. The highest BCUT2D eigenvalue weighted by molar-refractivity contribution is 7.17. The highest BCUT2D eigenvalue weighted by atomic mass is 32.1. The maximum atomic E-state index is 12.4. The Balaban J connectivity index is 2.21. The number of amides is 1. The zero-order chi connectivity index (χ0) is 18.6. The van der Waals surface area contributed by atoms with Crippen molar-refractivity contribution in [1.29, 1.82) is 0 Å². The Morgan fingerprint density at radius 3 is 2.44 bits per heavy atom. The molecule has 6 nitrogen and oxygen atoms in total. The molecule has 0 fully saturated rings. The van der Waals surface area contributed by atoms with E-state index < -0.39 is 17.9 Å². The van der Waals surface area contributed by atoms with Gasteiger partial charge >= 0.3 is 5.97 Å². The van der Waals surface area contributed by atoms with Crippen molar-refractivity contribution >= 4 is 23.2 Å². The van der Waals surface area contributed by atoms with Crippen LogP contribution in [-0.4, -0.2) is 34.6 Å². The molecule has 2 rings (SSSR count). The van der Waals surface area contributed by atoms with Crippen molar-refractivity contribution in [2.45, 2.75) is 33.7 Å². The molecule has 0 aliphatic heterocycles. The molecular formula is C18H22N2O4S. The van der Waals surface area contributed by atoms with Crippen molar-refractivity contribution in [3.05, 3.63) is 34.8 Å². The van der Waals surface area contributed by atoms with Gasteiger partial charge in [0.05, 0.1) is 12.3 Å². The second-order valence-electron chi connectivity index (χ2n) is 5.92. The molecule has 1 amide bonds. The second-order valence-corrected chi connectivity index (χ2v) is 6.92. The van der Waals surface area contributed by atoms with Gasteiger partial charge in [-0.1, -0.05) is 13.8 Å². The summed E-state index contributed by atoms with van der Waals surface area (Å²) in [5, 5.41) is 12.5. The number of thiazole rings is 1. The number of hydrogen-bond acceptors (Lipinski definition) is 5. The summed E-state index contributed by atoms with van der Waals surface area (Å²) < 4.78 is 5.42. The molecule has 0 aliphatic carbocycles. The second kappa shape index (κ2) is 8.11. The fourth-order valence-electron chi connectivity index (χ4n) is 2.31. The van der Waals surface area contributed by atoms with Crippen LogP contribution in [0.25, 0.3) is 10.6 Å². The van der Waals surface area contributed by atoms with E-state index >= 15 is 0 Å². The molecule has 0 aliphatic rings. The van der Waals surface area contributed by atoms with Gasteiger partial charge in [0.15, 0.2) is 0 Å². The van der Waals surface area contributed by atoms with Gasteiger partial charge in [0.1, 0.15) is 21.7 Å². The van der Waals surface area contributed by atoms with Crippen LogP contribution in [0.15, 0.2) is 24.3 Å². The first-order valence-corrected chi connectivity index (χ1v) is 8.89. The molecule has 0 unspecified atom stereocenters. The minimum absolute atomic E-state index is 0.208. The van der Waals surface area contributed by atoms with E-state index in [0.717, 1.165) is 11.3 Å². The van der Waals surface area contributed by atoms with Crippen LogP contribution in [0.5, 0.6) is 5.75 Å². The number of carbonyl (C=O) groups excluding carboxylic acids is 1. The lowest BCUT2D eigenvalue weighted by molar-refractivity contribution is -0.140. The van der Waals surface area contributed by atoms with Crippen LogP contribution in [0.4, 0.5) is 0 Å². The average Bonchev–Trinajstić information content (AvgIpc) is 2.94. The number of aliphatic carboxylic acids is 1. The summed E-state index contributed by atoms with van der Waals surface area (Å²) in [5.41, 5.74) is 1.47. The first-order valence-electron chi connectivity index (χ1n) is 8.07. The van der Waals surface area contributed by atoms with Gasteiger partial charge in [0.2, 0.25) is 0 Å². The molecule has 2 N–H and O–H groups in total. The van der Waals surface area contributed by atoms with Gasteiger partial charge in [-0.2, -0.15) is 0 Å². The van der Waals surface area contributed by atoms with E-state index in [1.807, 2.05) is 31.2 Å². The third-order valence-corrected chi connectivity index (χ3v) is 4.84. The largest absolute Gasteiger partial charge is 0.494 e. The van der Waals surface area contributed by atoms with Gasteiger partial charge < -0.3 is 15.2 Å². The number of carbonyl (C=O) groups is 2. The Morgan fingerprint density at radius 2 is 1.92 bits per heavy atom. The third-order valence-electron chi connectivity index (χ3n) is 3.63. The van der Waals surface area contributed by atoms with E-state index in [0.29, 0.717) is 22.2 Å². The van der Waals surface area contributed by atoms with Gasteiger partial charge in [0.25, 0.3) is 5.91 Å². The van der Waals surface area contributed by atoms with Crippen molar-refractivity contribution in [2.75, 3.05) is 6.61 Å². The van der Waals surface area contributed by atoms with E-state index in [2.05, 4.69) is 10.3 Å². The minimum atomic E-state index is -1.04. The molecule has 1 aromatic heterocycles. The monoisotopic (exact) mass is 362 g/mol. The van der Waals surface area contributed by atoms with Gasteiger partial charge in [0, 0.05) is 5.56 Å². The lowest BCUT2D eigenvalue weighted by Crippen LogP contribution is -2.44. The van der Waals surface area contributed by atoms with Crippen LogP contribution in [0.3, 0.4) is 0 Å². The Labute approximate surface area is 150 Å². The predicted octanol–water partition coefficient (Wildman–Crippen LogP) is 3.36. The normalized spacial score (nSPS) is 12.0. The molecule has 0 spiro atoms. The lowest BCUT2D eigenvalue weighted by atomic mass is 10.0. The summed E-state index contributed by atoms with van der Waals surface area (Å²) in [4.78, 5) is 28.6. The molecule has 1 aromatic carbocycles. The number of hydrogen-bond donors (Lipinski definition) is 2. The lowest BCUT2D eigenvalue weighted by Gasteiger charge is -2.17. The Bertz CT molecular complexity index is 753. The molecule has 2 aromatic rings. The summed E-state index contributed by atoms with van der Waals surface area (Å²) >= 11 is 1.25. The zero-order valence-electron chi connectivity index (χ0n) is 14.7. The van der Waals surface area contributed by atoms with Crippen LogP contribution in [0, 0.1) is 12.8 Å². The number of nitrogens with one attached hydrogen (secondary N) is 1. The standard InChI is InChI=1S/C18H22N2O4S/c1-5-24-13-8-6-12(7-9-13)17-19-11(4)15(25-17)16(21)20-14(10(2)3)18(22)23/h6-10,14H,5H2,1-4H3,(H,20,21)(H,22,23)/t14-/m1/s1. The number of aryl methyl sites for hydroxylation is 1. The van der Waals surface area contributed by atoms with Gasteiger partial charge in [-0.25, -0.2) is 9.78 Å². The maximum Gasteiger partial charge on any atom is 0.326 e. The van der Waals surface area contributed by atoms with Crippen molar-refractivity contribution in [2.24, 2.45) is 5.92 Å². The number of carboxylic acids is 1. The average molecular weight is 362 g/mol. The van der Waals surface area contributed by atoms with Gasteiger partial charge in [-0.3, -0.25) is 4.79 Å². The van der Waals surface area contributed by atoms with E-state index in [9.17, 15) is 14.7 Å². The zero-order valence-corrected chi connectivity index (χ0v) is 15.5. The molecule has 7 heteroatoms. The highest BCUT2D eigenvalue weighted by Gasteiger charge is 2.26. The number of rotatable bonds is 7. The topological polar surface area (TPSA) is 88.5 Å².